The summed E-state index contributed by atoms with van der Waals surface area (Å²) < 4.78 is 5.59. The second-order valence-electron chi connectivity index (χ2n) is 5.26. The number of hydrogen-bond acceptors (Lipinski definition) is 5. The molecule has 0 aliphatic rings. The van der Waals surface area contributed by atoms with Gasteiger partial charge in [-0.15, -0.1) is 11.3 Å². The lowest BCUT2D eigenvalue weighted by atomic mass is 10.1. The lowest BCUT2D eigenvalue weighted by Crippen LogP contribution is -2.44. The fourth-order valence-electron chi connectivity index (χ4n) is 1.42. The van der Waals surface area contributed by atoms with Crippen LogP contribution in [0.25, 0.3) is 0 Å². The van der Waals surface area contributed by atoms with Crippen LogP contribution in [-0.2, 0) is 9.53 Å². The van der Waals surface area contributed by atoms with Crippen LogP contribution < -0.4 is 5.32 Å². The van der Waals surface area contributed by atoms with Gasteiger partial charge in [-0.1, -0.05) is 0 Å². The molecular formula is C13H16BrNO5S. The van der Waals surface area contributed by atoms with Crippen LogP contribution in [0.2, 0.25) is 0 Å². The average Bonchev–Trinajstić information content (AvgIpc) is 2.71. The first kappa shape index (κ1) is 17.6. The SMILES string of the molecule is CC(C)(C)OC(=O)NC(CC(=O)c1sccc1Br)C(=O)O. The van der Waals surface area contributed by atoms with E-state index in [4.69, 9.17) is 9.84 Å². The Hall–Kier alpha value is -1.41. The van der Waals surface area contributed by atoms with E-state index in [1.807, 2.05) is 0 Å². The van der Waals surface area contributed by atoms with Crippen LogP contribution in [0.5, 0.6) is 0 Å². The van der Waals surface area contributed by atoms with Crippen LogP contribution in [0, 0.1) is 0 Å². The molecule has 1 unspecified atom stereocenters. The van der Waals surface area contributed by atoms with Crippen LogP contribution in [0.4, 0.5) is 4.79 Å². The van der Waals surface area contributed by atoms with Gasteiger partial charge >= 0.3 is 12.1 Å². The molecule has 1 heterocycles. The van der Waals surface area contributed by atoms with Gasteiger partial charge in [0.15, 0.2) is 5.78 Å². The molecule has 0 aliphatic heterocycles. The average molecular weight is 378 g/mol. The summed E-state index contributed by atoms with van der Waals surface area (Å²) in [4.78, 5) is 35.2. The standard InChI is InChI=1S/C13H16BrNO5S/c1-13(2,3)20-12(19)15-8(11(17)18)6-9(16)10-7(14)4-5-21-10/h4-5,8H,6H2,1-3H3,(H,15,19)(H,17,18). The zero-order valence-corrected chi connectivity index (χ0v) is 14.2. The minimum absolute atomic E-state index is 0.340. The van der Waals surface area contributed by atoms with Gasteiger partial charge in [0.25, 0.3) is 0 Å². The summed E-state index contributed by atoms with van der Waals surface area (Å²) in [6.07, 6.45) is -1.21. The first-order valence-corrected chi connectivity index (χ1v) is 7.76. The van der Waals surface area contributed by atoms with E-state index in [1.54, 1.807) is 32.2 Å². The van der Waals surface area contributed by atoms with Crippen LogP contribution >= 0.6 is 27.3 Å². The fraction of sp³-hybridized carbons (Fsp3) is 0.462. The zero-order chi connectivity index (χ0) is 16.2. The maximum absolute atomic E-state index is 12.0. The van der Waals surface area contributed by atoms with Crippen molar-refractivity contribution in [1.29, 1.82) is 0 Å². The number of carboxylic acid groups (broad SMARTS) is 1. The largest absolute Gasteiger partial charge is 0.480 e. The molecular weight excluding hydrogens is 362 g/mol. The molecule has 1 rings (SSSR count). The number of carbonyl (C=O) groups excluding carboxylic acids is 2. The van der Waals surface area contributed by atoms with Crippen molar-refractivity contribution in [3.63, 3.8) is 0 Å². The summed E-state index contributed by atoms with van der Waals surface area (Å²) >= 11 is 4.42. The highest BCUT2D eigenvalue weighted by atomic mass is 79.9. The number of carboxylic acids is 1. The molecule has 0 bridgehead atoms. The predicted molar refractivity (Wildman–Crippen MR) is 81.8 cm³/mol. The Morgan fingerprint density at radius 3 is 2.48 bits per heavy atom. The maximum Gasteiger partial charge on any atom is 0.408 e. The van der Waals surface area contributed by atoms with Gasteiger partial charge in [-0.25, -0.2) is 9.59 Å². The van der Waals surface area contributed by atoms with Gasteiger partial charge in [0.2, 0.25) is 0 Å². The Labute approximate surface area is 134 Å². The Morgan fingerprint density at radius 2 is 2.05 bits per heavy atom. The van der Waals surface area contributed by atoms with Gasteiger partial charge in [0.1, 0.15) is 11.6 Å². The summed E-state index contributed by atoms with van der Waals surface area (Å²) in [5.41, 5.74) is -0.742. The smallest absolute Gasteiger partial charge is 0.408 e. The summed E-state index contributed by atoms with van der Waals surface area (Å²) in [5, 5.41) is 13.0. The van der Waals surface area contributed by atoms with Crippen molar-refractivity contribution in [3.05, 3.63) is 20.8 Å². The molecule has 1 atom stereocenters. The summed E-state index contributed by atoms with van der Waals surface area (Å²) in [5.74, 6) is -1.65. The summed E-state index contributed by atoms with van der Waals surface area (Å²) in [6, 6.07) is 0.371. The molecule has 21 heavy (non-hydrogen) atoms. The predicted octanol–water partition coefficient (Wildman–Crippen LogP) is 3.06. The van der Waals surface area contributed by atoms with Gasteiger partial charge < -0.3 is 15.2 Å². The number of carbonyl (C=O) groups is 3. The molecule has 0 spiro atoms. The first-order chi connectivity index (χ1) is 9.60. The number of thiophene rings is 1. The highest BCUT2D eigenvalue weighted by Gasteiger charge is 2.27. The number of halogens is 1. The van der Waals surface area contributed by atoms with E-state index in [9.17, 15) is 14.4 Å². The van der Waals surface area contributed by atoms with Crippen molar-refractivity contribution in [2.45, 2.75) is 38.8 Å². The quantitative estimate of drug-likeness (QED) is 0.769. The third-order valence-corrected chi connectivity index (χ3v) is 4.13. The number of rotatable bonds is 5. The van der Waals surface area contributed by atoms with E-state index in [-0.39, 0.29) is 12.2 Å². The number of amides is 1. The highest BCUT2D eigenvalue weighted by molar-refractivity contribution is 9.10. The molecule has 1 amide bonds. The molecule has 6 nitrogen and oxygen atoms in total. The van der Waals surface area contributed by atoms with Gasteiger partial charge in [0.05, 0.1) is 4.88 Å². The third kappa shape index (κ3) is 5.84. The third-order valence-electron chi connectivity index (χ3n) is 2.25. The molecule has 0 aliphatic carbocycles. The summed E-state index contributed by atoms with van der Waals surface area (Å²) in [7, 11) is 0. The van der Waals surface area contributed by atoms with E-state index in [0.717, 1.165) is 0 Å². The minimum atomic E-state index is -1.33. The van der Waals surface area contributed by atoms with Crippen molar-refractivity contribution >= 4 is 45.1 Å². The Morgan fingerprint density at radius 1 is 1.43 bits per heavy atom. The number of nitrogens with one attached hydrogen (secondary N) is 1. The molecule has 1 aromatic rings. The number of Topliss-reactive ketones (excluding diaryl/α,β-unsaturated/α-hetero) is 1. The van der Waals surface area contributed by atoms with E-state index >= 15 is 0 Å². The second kappa shape index (κ2) is 7.04. The topological polar surface area (TPSA) is 92.7 Å². The Bertz CT molecular complexity index is 549. The molecule has 0 radical (unpaired) electrons. The van der Waals surface area contributed by atoms with Crippen molar-refractivity contribution in [2.24, 2.45) is 0 Å². The molecule has 2 N–H and O–H groups in total. The monoisotopic (exact) mass is 377 g/mol. The zero-order valence-electron chi connectivity index (χ0n) is 11.8. The van der Waals surface area contributed by atoms with Crippen LogP contribution in [0.15, 0.2) is 15.9 Å². The van der Waals surface area contributed by atoms with Crippen molar-refractivity contribution in [2.75, 3.05) is 0 Å². The second-order valence-corrected chi connectivity index (χ2v) is 7.03. The van der Waals surface area contributed by atoms with Gasteiger partial charge in [0, 0.05) is 10.9 Å². The van der Waals surface area contributed by atoms with E-state index in [0.29, 0.717) is 9.35 Å². The minimum Gasteiger partial charge on any atom is -0.480 e. The van der Waals surface area contributed by atoms with Crippen LogP contribution in [0.3, 0.4) is 0 Å². The van der Waals surface area contributed by atoms with E-state index < -0.39 is 23.7 Å². The maximum atomic E-state index is 12.0. The Kier molecular flexibility index (Phi) is 5.91. The molecule has 1 aromatic heterocycles. The summed E-state index contributed by atoms with van der Waals surface area (Å²) in [6.45, 7) is 4.99. The highest BCUT2D eigenvalue weighted by Crippen LogP contribution is 2.24. The van der Waals surface area contributed by atoms with Crippen LogP contribution in [0.1, 0.15) is 36.9 Å². The lowest BCUT2D eigenvalue weighted by Gasteiger charge is -2.21. The lowest BCUT2D eigenvalue weighted by molar-refractivity contribution is -0.139. The molecule has 0 saturated carbocycles. The molecule has 0 saturated heterocycles. The molecule has 116 valence electrons. The molecule has 0 fully saturated rings. The number of ether oxygens (including phenoxy) is 1. The Balaban J connectivity index is 2.71. The molecule has 8 heteroatoms. The van der Waals surface area contributed by atoms with Crippen molar-refractivity contribution in [3.8, 4) is 0 Å². The normalized spacial score (nSPS) is 12.6. The van der Waals surface area contributed by atoms with E-state index in [1.165, 1.54) is 11.3 Å². The van der Waals surface area contributed by atoms with Crippen molar-refractivity contribution < 1.29 is 24.2 Å². The van der Waals surface area contributed by atoms with Crippen LogP contribution in [-0.4, -0.2) is 34.6 Å². The fourth-order valence-corrected chi connectivity index (χ4v) is 2.96. The number of ketones is 1. The number of hydrogen-bond donors (Lipinski definition) is 2. The van der Waals surface area contributed by atoms with Gasteiger partial charge in [-0.2, -0.15) is 0 Å². The first-order valence-electron chi connectivity index (χ1n) is 6.08. The number of alkyl carbamates (subject to hydrolysis) is 1. The van der Waals surface area contributed by atoms with Gasteiger partial charge in [-0.3, -0.25) is 4.79 Å². The molecule has 0 aromatic carbocycles. The van der Waals surface area contributed by atoms with Gasteiger partial charge in [-0.05, 0) is 48.1 Å². The van der Waals surface area contributed by atoms with E-state index in [2.05, 4.69) is 21.2 Å². The number of aliphatic carboxylic acids is 1. The van der Waals surface area contributed by atoms with Crippen molar-refractivity contribution in [1.82, 2.24) is 5.32 Å².